The molecule has 0 radical (unpaired) electrons. The van der Waals surface area contributed by atoms with Crippen LogP contribution < -0.4 is 10.6 Å². The summed E-state index contributed by atoms with van der Waals surface area (Å²) in [6.45, 7) is 2.44. The minimum Gasteiger partial charge on any atom is -0.370 e. The van der Waals surface area contributed by atoms with Gasteiger partial charge in [-0.25, -0.2) is 14.4 Å². The maximum absolute atomic E-state index is 13.6. The highest BCUT2D eigenvalue weighted by Crippen LogP contribution is 2.17. The Morgan fingerprint density at radius 1 is 0.917 bits per heavy atom. The molecule has 1 heterocycles. The number of hydrogen-bond donors (Lipinski definition) is 2. The Bertz CT molecular complexity index is 805. The smallest absolute Gasteiger partial charge is 0.136 e. The van der Waals surface area contributed by atoms with Crippen LogP contribution in [0.25, 0.3) is 0 Å². The molecular weight excluding hydrogens is 303 g/mol. The molecule has 0 fully saturated rings. The summed E-state index contributed by atoms with van der Waals surface area (Å²) in [7, 11) is 0. The summed E-state index contributed by atoms with van der Waals surface area (Å²) in [6.07, 6.45) is 0.594. The van der Waals surface area contributed by atoms with Crippen molar-refractivity contribution in [3.63, 3.8) is 0 Å². The van der Waals surface area contributed by atoms with Gasteiger partial charge in [-0.2, -0.15) is 0 Å². The SMILES string of the molecule is Cc1nc(NCCc2ccccc2F)cc(Nc2ccccc2)n1. The average Bonchev–Trinajstić information content (AvgIpc) is 2.57. The molecule has 0 aliphatic heterocycles. The molecule has 3 rings (SSSR count). The van der Waals surface area contributed by atoms with E-state index < -0.39 is 0 Å². The lowest BCUT2D eigenvalue weighted by Crippen LogP contribution is -2.09. The van der Waals surface area contributed by atoms with Crippen LogP contribution in [0.5, 0.6) is 0 Å². The van der Waals surface area contributed by atoms with Crippen molar-refractivity contribution >= 4 is 17.3 Å². The highest BCUT2D eigenvalue weighted by molar-refractivity contribution is 5.59. The van der Waals surface area contributed by atoms with E-state index in [4.69, 9.17) is 0 Å². The van der Waals surface area contributed by atoms with Crippen LogP contribution >= 0.6 is 0 Å². The van der Waals surface area contributed by atoms with Crippen LogP contribution in [0.15, 0.2) is 60.7 Å². The van der Waals surface area contributed by atoms with Gasteiger partial charge < -0.3 is 10.6 Å². The number of nitrogens with one attached hydrogen (secondary N) is 2. The van der Waals surface area contributed by atoms with Gasteiger partial charge >= 0.3 is 0 Å². The Labute approximate surface area is 140 Å². The number of aryl methyl sites for hydroxylation is 1. The molecule has 5 heteroatoms. The summed E-state index contributed by atoms with van der Waals surface area (Å²) in [5, 5.41) is 6.48. The van der Waals surface area contributed by atoms with Crippen molar-refractivity contribution in [2.45, 2.75) is 13.3 Å². The first-order valence-electron chi connectivity index (χ1n) is 7.86. The van der Waals surface area contributed by atoms with Crippen LogP contribution in [-0.4, -0.2) is 16.5 Å². The predicted octanol–water partition coefficient (Wildman–Crippen LogP) is 4.32. The van der Waals surface area contributed by atoms with Gasteiger partial charge in [-0.1, -0.05) is 36.4 Å². The Hall–Kier alpha value is -2.95. The molecule has 122 valence electrons. The van der Waals surface area contributed by atoms with Crippen LogP contribution in [0.1, 0.15) is 11.4 Å². The highest BCUT2D eigenvalue weighted by atomic mass is 19.1. The Morgan fingerprint density at radius 3 is 2.42 bits per heavy atom. The Balaban J connectivity index is 1.64. The number of nitrogens with zero attached hydrogens (tertiary/aromatic N) is 2. The van der Waals surface area contributed by atoms with Gasteiger partial charge in [0.1, 0.15) is 23.3 Å². The summed E-state index contributed by atoms with van der Waals surface area (Å²) in [4.78, 5) is 8.76. The predicted molar refractivity (Wildman–Crippen MR) is 95.1 cm³/mol. The van der Waals surface area contributed by atoms with E-state index in [0.29, 0.717) is 24.4 Å². The molecule has 0 spiro atoms. The van der Waals surface area contributed by atoms with Crippen molar-refractivity contribution in [2.75, 3.05) is 17.2 Å². The van der Waals surface area contributed by atoms with Crippen LogP contribution in [-0.2, 0) is 6.42 Å². The Morgan fingerprint density at radius 2 is 1.62 bits per heavy atom. The molecule has 0 amide bonds. The first-order valence-corrected chi connectivity index (χ1v) is 7.86. The topological polar surface area (TPSA) is 49.8 Å². The van der Waals surface area contributed by atoms with Crippen LogP contribution in [0.2, 0.25) is 0 Å². The number of hydrogen-bond acceptors (Lipinski definition) is 4. The number of rotatable bonds is 6. The second-order valence-corrected chi connectivity index (χ2v) is 5.44. The lowest BCUT2D eigenvalue weighted by molar-refractivity contribution is 0.610. The van der Waals surface area contributed by atoms with Gasteiger partial charge in [0.15, 0.2) is 0 Å². The van der Waals surface area contributed by atoms with Gasteiger partial charge in [-0.15, -0.1) is 0 Å². The molecule has 2 aromatic carbocycles. The minimum atomic E-state index is -0.176. The standard InChI is InChI=1S/C19H19FN4/c1-14-22-18(21-12-11-15-7-5-6-10-17(15)20)13-19(23-14)24-16-8-3-2-4-9-16/h2-10,13H,11-12H2,1H3,(H2,21,22,23,24). The summed E-state index contributed by atoms with van der Waals surface area (Å²) in [5.41, 5.74) is 1.66. The van der Waals surface area contributed by atoms with E-state index in [-0.39, 0.29) is 5.82 Å². The fraction of sp³-hybridized carbons (Fsp3) is 0.158. The monoisotopic (exact) mass is 322 g/mol. The molecule has 0 bridgehead atoms. The van der Waals surface area contributed by atoms with E-state index in [0.717, 1.165) is 17.3 Å². The highest BCUT2D eigenvalue weighted by Gasteiger charge is 2.04. The van der Waals surface area contributed by atoms with Crippen LogP contribution in [0, 0.1) is 12.7 Å². The molecule has 0 aliphatic carbocycles. The first kappa shape index (κ1) is 15.9. The number of aromatic nitrogens is 2. The second-order valence-electron chi connectivity index (χ2n) is 5.44. The van der Waals surface area contributed by atoms with Crippen LogP contribution in [0.4, 0.5) is 21.7 Å². The molecule has 0 unspecified atom stereocenters. The van der Waals surface area contributed by atoms with Crippen molar-refractivity contribution in [3.05, 3.63) is 77.9 Å². The normalized spacial score (nSPS) is 10.4. The lowest BCUT2D eigenvalue weighted by atomic mass is 10.1. The molecule has 0 saturated heterocycles. The zero-order chi connectivity index (χ0) is 16.8. The number of halogens is 1. The minimum absolute atomic E-state index is 0.176. The average molecular weight is 322 g/mol. The molecule has 0 atom stereocenters. The van der Waals surface area contributed by atoms with E-state index >= 15 is 0 Å². The quantitative estimate of drug-likeness (QED) is 0.709. The van der Waals surface area contributed by atoms with E-state index in [1.165, 1.54) is 6.07 Å². The second kappa shape index (κ2) is 7.55. The van der Waals surface area contributed by atoms with Crippen molar-refractivity contribution in [3.8, 4) is 0 Å². The van der Waals surface area contributed by atoms with Gasteiger partial charge in [-0.05, 0) is 37.1 Å². The van der Waals surface area contributed by atoms with Gasteiger partial charge in [0, 0.05) is 18.3 Å². The van der Waals surface area contributed by atoms with Gasteiger partial charge in [0.25, 0.3) is 0 Å². The third kappa shape index (κ3) is 4.29. The van der Waals surface area contributed by atoms with Crippen LogP contribution in [0.3, 0.4) is 0 Å². The molecule has 0 saturated carbocycles. The maximum atomic E-state index is 13.6. The summed E-state index contributed by atoms with van der Waals surface area (Å²) in [6, 6.07) is 18.5. The van der Waals surface area contributed by atoms with E-state index in [2.05, 4.69) is 20.6 Å². The molecule has 3 aromatic rings. The molecule has 2 N–H and O–H groups in total. The zero-order valence-electron chi connectivity index (χ0n) is 13.5. The molecule has 24 heavy (non-hydrogen) atoms. The number of benzene rings is 2. The van der Waals surface area contributed by atoms with E-state index in [9.17, 15) is 4.39 Å². The largest absolute Gasteiger partial charge is 0.370 e. The summed E-state index contributed by atoms with van der Waals surface area (Å²) < 4.78 is 13.6. The molecular formula is C19H19FN4. The summed E-state index contributed by atoms with van der Waals surface area (Å²) in [5.74, 6) is 1.94. The fourth-order valence-electron chi connectivity index (χ4n) is 2.42. The summed E-state index contributed by atoms with van der Waals surface area (Å²) >= 11 is 0. The van der Waals surface area contributed by atoms with Crippen molar-refractivity contribution in [2.24, 2.45) is 0 Å². The fourth-order valence-corrected chi connectivity index (χ4v) is 2.42. The van der Waals surface area contributed by atoms with Crippen molar-refractivity contribution in [1.29, 1.82) is 0 Å². The number of para-hydroxylation sites is 1. The zero-order valence-corrected chi connectivity index (χ0v) is 13.5. The maximum Gasteiger partial charge on any atom is 0.136 e. The molecule has 4 nitrogen and oxygen atoms in total. The molecule has 1 aromatic heterocycles. The van der Waals surface area contributed by atoms with E-state index in [1.54, 1.807) is 12.1 Å². The van der Waals surface area contributed by atoms with Gasteiger partial charge in [-0.3, -0.25) is 0 Å². The lowest BCUT2D eigenvalue weighted by Gasteiger charge is -2.10. The van der Waals surface area contributed by atoms with Gasteiger partial charge in [0.05, 0.1) is 0 Å². The first-order chi connectivity index (χ1) is 11.7. The third-order valence-corrected chi connectivity index (χ3v) is 3.54. The third-order valence-electron chi connectivity index (χ3n) is 3.54. The number of anilines is 3. The van der Waals surface area contributed by atoms with Crippen molar-refractivity contribution < 1.29 is 4.39 Å². The van der Waals surface area contributed by atoms with E-state index in [1.807, 2.05) is 49.4 Å². The molecule has 0 aliphatic rings. The van der Waals surface area contributed by atoms with Gasteiger partial charge in [0.2, 0.25) is 0 Å². The van der Waals surface area contributed by atoms with Crippen molar-refractivity contribution in [1.82, 2.24) is 9.97 Å². The Kier molecular flexibility index (Phi) is 5.01.